The highest BCUT2D eigenvalue weighted by molar-refractivity contribution is 5.76. The standard InChI is InChI=1S/C9H18N2O3/c1-4-7(6-8(12)14-3)11-9(13)10-5-2/h7H,4-6H2,1-3H3,(H2,10,11,13). The minimum atomic E-state index is -0.311. The molecule has 5 heteroatoms. The van der Waals surface area contributed by atoms with Gasteiger partial charge in [-0.1, -0.05) is 6.92 Å². The first-order valence-electron chi connectivity index (χ1n) is 4.75. The minimum Gasteiger partial charge on any atom is -0.469 e. The molecule has 82 valence electrons. The van der Waals surface area contributed by atoms with Gasteiger partial charge < -0.3 is 15.4 Å². The second kappa shape index (κ2) is 7.17. The fourth-order valence-electron chi connectivity index (χ4n) is 0.979. The summed E-state index contributed by atoms with van der Waals surface area (Å²) < 4.78 is 4.51. The van der Waals surface area contributed by atoms with Crippen LogP contribution in [0.3, 0.4) is 0 Å². The molecule has 0 aromatic carbocycles. The number of amides is 2. The quantitative estimate of drug-likeness (QED) is 0.643. The van der Waals surface area contributed by atoms with E-state index in [1.54, 1.807) is 0 Å². The van der Waals surface area contributed by atoms with Crippen molar-refractivity contribution in [2.45, 2.75) is 32.7 Å². The molecule has 0 aliphatic rings. The van der Waals surface area contributed by atoms with Crippen molar-refractivity contribution in [1.82, 2.24) is 10.6 Å². The van der Waals surface area contributed by atoms with Crippen molar-refractivity contribution < 1.29 is 14.3 Å². The van der Waals surface area contributed by atoms with E-state index in [0.717, 1.165) is 0 Å². The molecule has 0 aliphatic heterocycles. The third-order valence-corrected chi connectivity index (χ3v) is 1.81. The summed E-state index contributed by atoms with van der Waals surface area (Å²) in [6.07, 6.45) is 0.913. The Labute approximate surface area is 84.2 Å². The monoisotopic (exact) mass is 202 g/mol. The van der Waals surface area contributed by atoms with Crippen LogP contribution in [0.1, 0.15) is 26.7 Å². The Hall–Kier alpha value is -1.26. The average molecular weight is 202 g/mol. The van der Waals surface area contributed by atoms with E-state index in [9.17, 15) is 9.59 Å². The summed E-state index contributed by atoms with van der Waals surface area (Å²) in [6, 6.07) is -0.405. The second-order valence-corrected chi connectivity index (χ2v) is 2.89. The second-order valence-electron chi connectivity index (χ2n) is 2.89. The first-order chi connectivity index (χ1) is 6.63. The van der Waals surface area contributed by atoms with Gasteiger partial charge in [-0.2, -0.15) is 0 Å². The van der Waals surface area contributed by atoms with Crippen molar-refractivity contribution in [2.24, 2.45) is 0 Å². The van der Waals surface area contributed by atoms with E-state index in [2.05, 4.69) is 15.4 Å². The first kappa shape index (κ1) is 12.7. The molecule has 2 N–H and O–H groups in total. The summed E-state index contributed by atoms with van der Waals surface area (Å²) in [4.78, 5) is 22.0. The van der Waals surface area contributed by atoms with Gasteiger partial charge in [0, 0.05) is 12.6 Å². The number of esters is 1. The maximum Gasteiger partial charge on any atom is 0.315 e. The van der Waals surface area contributed by atoms with E-state index in [4.69, 9.17) is 0 Å². The first-order valence-corrected chi connectivity index (χ1v) is 4.75. The zero-order chi connectivity index (χ0) is 11.0. The summed E-state index contributed by atoms with van der Waals surface area (Å²) in [5.41, 5.74) is 0. The number of carbonyl (C=O) groups excluding carboxylic acids is 2. The highest BCUT2D eigenvalue weighted by Crippen LogP contribution is 1.98. The molecule has 0 heterocycles. The SMILES string of the molecule is CCNC(=O)NC(CC)CC(=O)OC. The lowest BCUT2D eigenvalue weighted by Gasteiger charge is -2.15. The molecule has 0 bridgehead atoms. The Morgan fingerprint density at radius 2 is 2.00 bits per heavy atom. The van der Waals surface area contributed by atoms with Gasteiger partial charge in [-0.05, 0) is 13.3 Å². The van der Waals surface area contributed by atoms with Crippen LogP contribution in [-0.4, -0.2) is 31.7 Å². The van der Waals surface area contributed by atoms with Crippen LogP contribution in [0, 0.1) is 0 Å². The van der Waals surface area contributed by atoms with Crippen LogP contribution >= 0.6 is 0 Å². The van der Waals surface area contributed by atoms with Gasteiger partial charge >= 0.3 is 12.0 Å². The summed E-state index contributed by atoms with van der Waals surface area (Å²) in [6.45, 7) is 4.31. The van der Waals surface area contributed by atoms with E-state index in [1.165, 1.54) is 7.11 Å². The van der Waals surface area contributed by atoms with Gasteiger partial charge in [0.25, 0.3) is 0 Å². The van der Waals surface area contributed by atoms with E-state index in [-0.39, 0.29) is 24.5 Å². The third-order valence-electron chi connectivity index (χ3n) is 1.81. The van der Waals surface area contributed by atoms with Gasteiger partial charge in [0.2, 0.25) is 0 Å². The van der Waals surface area contributed by atoms with Gasteiger partial charge in [0.1, 0.15) is 0 Å². The number of carbonyl (C=O) groups is 2. The Morgan fingerprint density at radius 1 is 1.36 bits per heavy atom. The lowest BCUT2D eigenvalue weighted by molar-refractivity contribution is -0.141. The average Bonchev–Trinajstić information content (AvgIpc) is 2.16. The van der Waals surface area contributed by atoms with E-state index >= 15 is 0 Å². The fraction of sp³-hybridized carbons (Fsp3) is 0.778. The van der Waals surface area contributed by atoms with Crippen LogP contribution in [-0.2, 0) is 9.53 Å². The molecule has 2 amide bonds. The molecule has 14 heavy (non-hydrogen) atoms. The number of hydrogen-bond donors (Lipinski definition) is 2. The Bertz CT molecular complexity index is 194. The van der Waals surface area contributed by atoms with Gasteiger partial charge in [-0.3, -0.25) is 4.79 Å². The molecule has 0 aromatic heterocycles. The maximum atomic E-state index is 11.1. The molecule has 0 aliphatic carbocycles. The van der Waals surface area contributed by atoms with Gasteiger partial charge in [-0.15, -0.1) is 0 Å². The number of hydrogen-bond acceptors (Lipinski definition) is 3. The van der Waals surface area contributed by atoms with Crippen molar-refractivity contribution in [1.29, 1.82) is 0 Å². The molecule has 0 aromatic rings. The molecule has 1 atom stereocenters. The summed E-state index contributed by atoms with van der Waals surface area (Å²) in [5, 5.41) is 5.28. The normalized spacial score (nSPS) is 11.6. The molecule has 1 unspecified atom stereocenters. The number of nitrogens with one attached hydrogen (secondary N) is 2. The Balaban J connectivity index is 3.89. The number of methoxy groups -OCH3 is 1. The predicted octanol–water partition coefficient (Wildman–Crippen LogP) is 0.647. The van der Waals surface area contributed by atoms with Crippen molar-refractivity contribution in [3.63, 3.8) is 0 Å². The highest BCUT2D eigenvalue weighted by Gasteiger charge is 2.14. The van der Waals surface area contributed by atoms with E-state index in [1.807, 2.05) is 13.8 Å². The van der Waals surface area contributed by atoms with Crippen LogP contribution < -0.4 is 10.6 Å². The summed E-state index contributed by atoms with van der Waals surface area (Å²) in [7, 11) is 1.33. The molecule has 0 radical (unpaired) electrons. The largest absolute Gasteiger partial charge is 0.469 e. The van der Waals surface area contributed by atoms with Crippen LogP contribution in [0.5, 0.6) is 0 Å². The molecule has 0 saturated carbocycles. The number of ether oxygens (including phenoxy) is 1. The van der Waals surface area contributed by atoms with Crippen LogP contribution in [0.2, 0.25) is 0 Å². The summed E-state index contributed by atoms with van der Waals surface area (Å²) >= 11 is 0. The third kappa shape index (κ3) is 5.40. The topological polar surface area (TPSA) is 67.4 Å². The lowest BCUT2D eigenvalue weighted by Crippen LogP contribution is -2.42. The van der Waals surface area contributed by atoms with Crippen molar-refractivity contribution >= 4 is 12.0 Å². The molecule has 0 fully saturated rings. The highest BCUT2D eigenvalue weighted by atomic mass is 16.5. The van der Waals surface area contributed by atoms with Crippen molar-refractivity contribution in [3.05, 3.63) is 0 Å². The minimum absolute atomic E-state index is 0.158. The van der Waals surface area contributed by atoms with Gasteiger partial charge in [-0.25, -0.2) is 4.79 Å². The van der Waals surface area contributed by atoms with E-state index < -0.39 is 0 Å². The number of urea groups is 1. The zero-order valence-corrected chi connectivity index (χ0v) is 8.92. The fourth-order valence-corrected chi connectivity index (χ4v) is 0.979. The Morgan fingerprint density at radius 3 is 2.43 bits per heavy atom. The van der Waals surface area contributed by atoms with Crippen molar-refractivity contribution in [3.8, 4) is 0 Å². The Kier molecular flexibility index (Phi) is 6.53. The molecule has 0 rings (SSSR count). The summed E-state index contributed by atoms with van der Waals surface area (Å²) in [5.74, 6) is -0.311. The van der Waals surface area contributed by atoms with Gasteiger partial charge in [0.15, 0.2) is 0 Å². The van der Waals surface area contributed by atoms with Crippen molar-refractivity contribution in [2.75, 3.05) is 13.7 Å². The predicted molar refractivity (Wildman–Crippen MR) is 52.9 cm³/mol. The van der Waals surface area contributed by atoms with Gasteiger partial charge in [0.05, 0.1) is 13.5 Å². The van der Waals surface area contributed by atoms with Crippen LogP contribution in [0.25, 0.3) is 0 Å². The van der Waals surface area contributed by atoms with E-state index in [0.29, 0.717) is 13.0 Å². The molecular formula is C9H18N2O3. The molecular weight excluding hydrogens is 184 g/mol. The zero-order valence-electron chi connectivity index (χ0n) is 8.92. The molecule has 0 saturated heterocycles. The molecule has 5 nitrogen and oxygen atoms in total. The van der Waals surface area contributed by atoms with Crippen LogP contribution in [0.4, 0.5) is 4.79 Å². The smallest absolute Gasteiger partial charge is 0.315 e. The molecule has 0 spiro atoms. The lowest BCUT2D eigenvalue weighted by atomic mass is 10.1. The number of rotatable bonds is 5. The maximum absolute atomic E-state index is 11.1. The van der Waals surface area contributed by atoms with Crippen LogP contribution in [0.15, 0.2) is 0 Å².